The molecule has 0 aromatic carbocycles. The molecule has 3 heteroatoms. The van der Waals surface area contributed by atoms with Crippen molar-refractivity contribution in [3.05, 3.63) is 0 Å². The Labute approximate surface area is 59.7 Å². The van der Waals surface area contributed by atoms with E-state index in [1.807, 2.05) is 0 Å². The normalized spacial score (nSPS) is 38.2. The molecule has 0 spiro atoms. The number of alkyl carbamates (subject to hydrolysis) is 1. The van der Waals surface area contributed by atoms with Gasteiger partial charge in [-0.1, -0.05) is 6.42 Å². The second-order valence-electron chi connectivity index (χ2n) is 3.04. The van der Waals surface area contributed by atoms with Crippen LogP contribution >= 0.6 is 0 Å². The van der Waals surface area contributed by atoms with Gasteiger partial charge in [0, 0.05) is 12.0 Å². The maximum atomic E-state index is 10.7. The van der Waals surface area contributed by atoms with Crippen LogP contribution in [-0.2, 0) is 4.74 Å². The number of hydrogen-bond acceptors (Lipinski definition) is 2. The number of fused-ring (bicyclic) bond motifs is 1. The first kappa shape index (κ1) is 6.01. The fourth-order valence-electron chi connectivity index (χ4n) is 1.80. The van der Waals surface area contributed by atoms with Crippen molar-refractivity contribution in [2.45, 2.75) is 25.3 Å². The third-order valence-corrected chi connectivity index (χ3v) is 2.39. The summed E-state index contributed by atoms with van der Waals surface area (Å²) < 4.78 is 4.84. The molecule has 0 unspecified atom stereocenters. The number of carbonyl (C=O) groups excluding carboxylic acids is 1. The van der Waals surface area contributed by atoms with E-state index in [0.29, 0.717) is 18.6 Å². The van der Waals surface area contributed by atoms with Crippen molar-refractivity contribution in [3.63, 3.8) is 0 Å². The van der Waals surface area contributed by atoms with Gasteiger partial charge in [-0.05, 0) is 12.8 Å². The van der Waals surface area contributed by atoms with Crippen LogP contribution in [0.4, 0.5) is 4.79 Å². The Morgan fingerprint density at radius 3 is 3.30 bits per heavy atom. The molecule has 0 bridgehead atoms. The van der Waals surface area contributed by atoms with Crippen LogP contribution in [0.2, 0.25) is 0 Å². The average Bonchev–Trinajstić information content (AvgIpc) is 2.33. The van der Waals surface area contributed by atoms with Gasteiger partial charge in [-0.25, -0.2) is 4.79 Å². The summed E-state index contributed by atoms with van der Waals surface area (Å²) in [6, 6.07) is 0.418. The first-order valence-electron chi connectivity index (χ1n) is 3.79. The van der Waals surface area contributed by atoms with Gasteiger partial charge in [0.25, 0.3) is 0 Å². The fourth-order valence-corrected chi connectivity index (χ4v) is 1.80. The number of nitrogens with one attached hydrogen (secondary N) is 1. The Bertz CT molecular complexity index is 158. The predicted octanol–water partition coefficient (Wildman–Crippen LogP) is 0.895. The van der Waals surface area contributed by atoms with Crippen molar-refractivity contribution in [1.82, 2.24) is 5.32 Å². The Morgan fingerprint density at radius 1 is 1.50 bits per heavy atom. The van der Waals surface area contributed by atoms with E-state index in [9.17, 15) is 4.79 Å². The number of amides is 1. The molecule has 2 fully saturated rings. The standard InChI is InChI=1S/C7H11NO2/c9-7-8-6-3-1-2-5(6)4-10-7/h5-6H,1-4H2,(H,8,9)/t5-,6-/m0/s1. The summed E-state index contributed by atoms with van der Waals surface area (Å²) in [6.45, 7) is 0.635. The maximum Gasteiger partial charge on any atom is 0.407 e. The van der Waals surface area contributed by atoms with Crippen LogP contribution in [0, 0.1) is 5.92 Å². The molecule has 1 amide bonds. The number of carbonyl (C=O) groups is 1. The molecule has 1 aliphatic heterocycles. The summed E-state index contributed by atoms with van der Waals surface area (Å²) in [5, 5.41) is 2.82. The van der Waals surface area contributed by atoms with Gasteiger partial charge >= 0.3 is 6.09 Å². The molecule has 2 aliphatic rings. The minimum atomic E-state index is -0.233. The zero-order chi connectivity index (χ0) is 6.97. The van der Waals surface area contributed by atoms with Gasteiger partial charge in [0.2, 0.25) is 0 Å². The minimum Gasteiger partial charge on any atom is -0.449 e. The Morgan fingerprint density at radius 2 is 2.40 bits per heavy atom. The number of hydrogen-bond donors (Lipinski definition) is 1. The zero-order valence-electron chi connectivity index (χ0n) is 5.80. The second kappa shape index (κ2) is 2.15. The molecule has 0 aromatic heterocycles. The fraction of sp³-hybridized carbons (Fsp3) is 0.857. The van der Waals surface area contributed by atoms with Crippen LogP contribution in [-0.4, -0.2) is 18.7 Å². The van der Waals surface area contributed by atoms with Crippen LogP contribution in [0.15, 0.2) is 0 Å². The predicted molar refractivity (Wildman–Crippen MR) is 35.6 cm³/mol. The SMILES string of the molecule is O=C1N[C@H]2CCC[C@H]2CO1. The monoisotopic (exact) mass is 141 g/mol. The highest BCUT2D eigenvalue weighted by Gasteiger charge is 2.33. The van der Waals surface area contributed by atoms with Crippen LogP contribution in [0.1, 0.15) is 19.3 Å². The molecule has 3 nitrogen and oxygen atoms in total. The third kappa shape index (κ3) is 0.856. The van der Waals surface area contributed by atoms with Gasteiger partial charge in [0.15, 0.2) is 0 Å². The summed E-state index contributed by atoms with van der Waals surface area (Å²) in [5.41, 5.74) is 0. The Kier molecular flexibility index (Phi) is 1.29. The molecule has 1 saturated heterocycles. The number of cyclic esters (lactones) is 1. The topological polar surface area (TPSA) is 38.3 Å². The zero-order valence-corrected chi connectivity index (χ0v) is 5.80. The van der Waals surface area contributed by atoms with E-state index in [0.717, 1.165) is 6.42 Å². The van der Waals surface area contributed by atoms with Crippen molar-refractivity contribution >= 4 is 6.09 Å². The van der Waals surface area contributed by atoms with Gasteiger partial charge in [-0.2, -0.15) is 0 Å². The molecular weight excluding hydrogens is 130 g/mol. The van der Waals surface area contributed by atoms with Crippen molar-refractivity contribution in [1.29, 1.82) is 0 Å². The van der Waals surface area contributed by atoms with E-state index < -0.39 is 0 Å². The lowest BCUT2D eigenvalue weighted by Crippen LogP contribution is -2.44. The Balaban J connectivity index is 2.03. The summed E-state index contributed by atoms with van der Waals surface area (Å²) in [7, 11) is 0. The van der Waals surface area contributed by atoms with E-state index in [1.54, 1.807) is 0 Å². The molecule has 0 aromatic rings. The van der Waals surface area contributed by atoms with E-state index in [4.69, 9.17) is 4.74 Å². The largest absolute Gasteiger partial charge is 0.449 e. The molecule has 1 aliphatic carbocycles. The highest BCUT2D eigenvalue weighted by atomic mass is 16.6. The average molecular weight is 141 g/mol. The summed E-state index contributed by atoms with van der Waals surface area (Å²) in [4.78, 5) is 10.7. The molecule has 0 radical (unpaired) electrons. The van der Waals surface area contributed by atoms with Gasteiger partial charge in [0.05, 0.1) is 6.61 Å². The van der Waals surface area contributed by atoms with E-state index in [-0.39, 0.29) is 6.09 Å². The summed E-state index contributed by atoms with van der Waals surface area (Å²) in [5.74, 6) is 0.595. The van der Waals surface area contributed by atoms with Gasteiger partial charge in [0.1, 0.15) is 0 Å². The first-order chi connectivity index (χ1) is 4.86. The van der Waals surface area contributed by atoms with Crippen molar-refractivity contribution in [3.8, 4) is 0 Å². The van der Waals surface area contributed by atoms with Crippen LogP contribution in [0.3, 0.4) is 0 Å². The summed E-state index contributed by atoms with van der Waals surface area (Å²) >= 11 is 0. The minimum absolute atomic E-state index is 0.233. The van der Waals surface area contributed by atoms with Crippen molar-refractivity contribution < 1.29 is 9.53 Å². The lowest BCUT2D eigenvalue weighted by molar-refractivity contribution is 0.0901. The van der Waals surface area contributed by atoms with Gasteiger partial charge in [-0.3, -0.25) is 0 Å². The number of ether oxygens (including phenoxy) is 1. The molecule has 1 heterocycles. The number of rotatable bonds is 0. The second-order valence-corrected chi connectivity index (χ2v) is 3.04. The molecule has 2 rings (SSSR count). The smallest absolute Gasteiger partial charge is 0.407 e. The lowest BCUT2D eigenvalue weighted by Gasteiger charge is -2.25. The van der Waals surface area contributed by atoms with Crippen LogP contribution in [0.25, 0.3) is 0 Å². The molecule has 2 atom stereocenters. The molecular formula is C7H11NO2. The van der Waals surface area contributed by atoms with Crippen molar-refractivity contribution in [2.75, 3.05) is 6.61 Å². The first-order valence-corrected chi connectivity index (χ1v) is 3.79. The molecule has 56 valence electrons. The molecule has 1 saturated carbocycles. The van der Waals surface area contributed by atoms with E-state index >= 15 is 0 Å². The summed E-state index contributed by atoms with van der Waals surface area (Å²) in [6.07, 6.45) is 3.35. The van der Waals surface area contributed by atoms with Crippen molar-refractivity contribution in [2.24, 2.45) is 5.92 Å². The molecule has 10 heavy (non-hydrogen) atoms. The third-order valence-electron chi connectivity index (χ3n) is 2.39. The molecule has 1 N–H and O–H groups in total. The van der Waals surface area contributed by atoms with Gasteiger partial charge < -0.3 is 10.1 Å². The van der Waals surface area contributed by atoms with Crippen LogP contribution < -0.4 is 5.32 Å². The lowest BCUT2D eigenvalue weighted by atomic mass is 10.0. The van der Waals surface area contributed by atoms with E-state index in [2.05, 4.69) is 5.32 Å². The highest BCUT2D eigenvalue weighted by Crippen LogP contribution is 2.27. The van der Waals surface area contributed by atoms with Crippen LogP contribution in [0.5, 0.6) is 0 Å². The maximum absolute atomic E-state index is 10.7. The van der Waals surface area contributed by atoms with Gasteiger partial charge in [-0.15, -0.1) is 0 Å². The highest BCUT2D eigenvalue weighted by molar-refractivity contribution is 5.68. The van der Waals surface area contributed by atoms with E-state index in [1.165, 1.54) is 12.8 Å². The quantitative estimate of drug-likeness (QED) is 0.544. The Hall–Kier alpha value is -0.730.